The summed E-state index contributed by atoms with van der Waals surface area (Å²) in [6.45, 7) is 4.85. The van der Waals surface area contributed by atoms with Gasteiger partial charge in [-0.3, -0.25) is 0 Å². The molecular weight excluding hydrogens is 238 g/mol. The first-order valence-electron chi connectivity index (χ1n) is 7.55. The standard InChI is InChI=1S/C15H27N3O/c1-3-13-5-4-6-14(9-13)18-12-17-11-15(18)10-16-7-8-19-2/h11-14,16H,3-10H2,1-2H3. The Morgan fingerprint density at radius 3 is 3.16 bits per heavy atom. The van der Waals surface area contributed by atoms with E-state index in [2.05, 4.69) is 21.8 Å². The van der Waals surface area contributed by atoms with Crippen molar-refractivity contribution in [1.29, 1.82) is 0 Å². The number of nitrogens with one attached hydrogen (secondary N) is 1. The molecule has 4 heteroatoms. The summed E-state index contributed by atoms with van der Waals surface area (Å²) in [4.78, 5) is 4.34. The molecule has 1 fully saturated rings. The van der Waals surface area contributed by atoms with Crippen LogP contribution in [0.5, 0.6) is 0 Å². The Morgan fingerprint density at radius 1 is 1.47 bits per heavy atom. The lowest BCUT2D eigenvalue weighted by molar-refractivity contribution is 0.198. The lowest BCUT2D eigenvalue weighted by atomic mass is 9.84. The Morgan fingerprint density at radius 2 is 2.37 bits per heavy atom. The normalized spacial score (nSPS) is 23.7. The van der Waals surface area contributed by atoms with E-state index in [0.29, 0.717) is 6.04 Å². The van der Waals surface area contributed by atoms with Crippen LogP contribution in [0.3, 0.4) is 0 Å². The van der Waals surface area contributed by atoms with E-state index in [4.69, 9.17) is 4.74 Å². The Labute approximate surface area is 116 Å². The second-order valence-corrected chi connectivity index (χ2v) is 5.56. The van der Waals surface area contributed by atoms with E-state index in [1.54, 1.807) is 7.11 Å². The number of methoxy groups -OCH3 is 1. The lowest BCUT2D eigenvalue weighted by Crippen LogP contribution is -2.24. The summed E-state index contributed by atoms with van der Waals surface area (Å²) < 4.78 is 7.44. The molecule has 0 aromatic carbocycles. The predicted molar refractivity (Wildman–Crippen MR) is 77.1 cm³/mol. The maximum atomic E-state index is 5.05. The van der Waals surface area contributed by atoms with E-state index in [1.807, 2.05) is 12.5 Å². The summed E-state index contributed by atoms with van der Waals surface area (Å²) >= 11 is 0. The van der Waals surface area contributed by atoms with Gasteiger partial charge in [-0.05, 0) is 18.8 Å². The van der Waals surface area contributed by atoms with Crippen molar-refractivity contribution >= 4 is 0 Å². The van der Waals surface area contributed by atoms with E-state index in [0.717, 1.165) is 25.6 Å². The summed E-state index contributed by atoms with van der Waals surface area (Å²) in [7, 11) is 1.73. The molecule has 0 radical (unpaired) electrons. The van der Waals surface area contributed by atoms with Crippen molar-refractivity contribution in [2.45, 2.75) is 51.6 Å². The first kappa shape index (κ1) is 14.5. The lowest BCUT2D eigenvalue weighted by Gasteiger charge is -2.30. The van der Waals surface area contributed by atoms with Gasteiger partial charge in [-0.1, -0.05) is 26.2 Å². The number of ether oxygens (including phenoxy) is 1. The van der Waals surface area contributed by atoms with E-state index in [-0.39, 0.29) is 0 Å². The number of hydrogen-bond acceptors (Lipinski definition) is 3. The van der Waals surface area contributed by atoms with Gasteiger partial charge in [-0.15, -0.1) is 0 Å². The summed E-state index contributed by atoms with van der Waals surface area (Å²) in [6.07, 6.45) is 10.7. The van der Waals surface area contributed by atoms with Gasteiger partial charge in [0.2, 0.25) is 0 Å². The molecule has 2 unspecified atom stereocenters. The zero-order valence-electron chi connectivity index (χ0n) is 12.3. The summed E-state index contributed by atoms with van der Waals surface area (Å²) in [6, 6.07) is 0.653. The maximum Gasteiger partial charge on any atom is 0.0951 e. The molecule has 1 aliphatic carbocycles. The highest BCUT2D eigenvalue weighted by Crippen LogP contribution is 2.34. The Kier molecular flexibility index (Phi) is 5.86. The van der Waals surface area contributed by atoms with Crippen molar-refractivity contribution in [3.8, 4) is 0 Å². The topological polar surface area (TPSA) is 39.1 Å². The smallest absolute Gasteiger partial charge is 0.0951 e. The van der Waals surface area contributed by atoms with E-state index < -0.39 is 0 Å². The molecule has 1 heterocycles. The van der Waals surface area contributed by atoms with Gasteiger partial charge in [0.25, 0.3) is 0 Å². The number of hydrogen-bond donors (Lipinski definition) is 1. The molecule has 2 rings (SSSR count). The van der Waals surface area contributed by atoms with Crippen LogP contribution in [-0.4, -0.2) is 29.8 Å². The van der Waals surface area contributed by atoms with Gasteiger partial charge in [0.05, 0.1) is 18.6 Å². The molecule has 19 heavy (non-hydrogen) atoms. The Bertz CT molecular complexity index is 364. The van der Waals surface area contributed by atoms with Crippen LogP contribution >= 0.6 is 0 Å². The average molecular weight is 265 g/mol. The van der Waals surface area contributed by atoms with Crippen molar-refractivity contribution in [3.05, 3.63) is 18.2 Å². The molecule has 1 aliphatic rings. The van der Waals surface area contributed by atoms with Crippen molar-refractivity contribution in [3.63, 3.8) is 0 Å². The minimum atomic E-state index is 0.653. The van der Waals surface area contributed by atoms with Crippen molar-refractivity contribution in [1.82, 2.24) is 14.9 Å². The van der Waals surface area contributed by atoms with E-state index in [9.17, 15) is 0 Å². The highest BCUT2D eigenvalue weighted by Gasteiger charge is 2.23. The number of rotatable bonds is 7. The van der Waals surface area contributed by atoms with Crippen LogP contribution in [0.15, 0.2) is 12.5 Å². The van der Waals surface area contributed by atoms with Crippen molar-refractivity contribution in [2.24, 2.45) is 5.92 Å². The van der Waals surface area contributed by atoms with Crippen LogP contribution in [0.2, 0.25) is 0 Å². The molecule has 0 amide bonds. The fourth-order valence-corrected chi connectivity index (χ4v) is 3.07. The number of imidazole rings is 1. The first-order valence-corrected chi connectivity index (χ1v) is 7.55. The fraction of sp³-hybridized carbons (Fsp3) is 0.800. The van der Waals surface area contributed by atoms with Gasteiger partial charge in [0.15, 0.2) is 0 Å². The quantitative estimate of drug-likeness (QED) is 0.771. The van der Waals surface area contributed by atoms with E-state index >= 15 is 0 Å². The third-order valence-corrected chi connectivity index (χ3v) is 4.26. The second kappa shape index (κ2) is 7.65. The predicted octanol–water partition coefficient (Wildman–Crippen LogP) is 2.76. The van der Waals surface area contributed by atoms with Crippen LogP contribution in [-0.2, 0) is 11.3 Å². The number of nitrogens with zero attached hydrogens (tertiary/aromatic N) is 2. The zero-order chi connectivity index (χ0) is 13.5. The van der Waals surface area contributed by atoms with E-state index in [1.165, 1.54) is 37.8 Å². The zero-order valence-corrected chi connectivity index (χ0v) is 12.3. The van der Waals surface area contributed by atoms with Gasteiger partial charge in [-0.25, -0.2) is 4.98 Å². The molecule has 1 aromatic rings. The summed E-state index contributed by atoms with van der Waals surface area (Å²) in [5.41, 5.74) is 1.30. The maximum absolute atomic E-state index is 5.05. The molecular formula is C15H27N3O. The van der Waals surface area contributed by atoms with Gasteiger partial charge >= 0.3 is 0 Å². The monoisotopic (exact) mass is 265 g/mol. The number of aromatic nitrogens is 2. The first-order chi connectivity index (χ1) is 9.35. The van der Waals surface area contributed by atoms with Crippen LogP contribution in [0.1, 0.15) is 50.8 Å². The van der Waals surface area contributed by atoms with Crippen molar-refractivity contribution < 1.29 is 4.74 Å². The average Bonchev–Trinajstić information content (AvgIpc) is 2.92. The molecule has 0 bridgehead atoms. The molecule has 108 valence electrons. The Hall–Kier alpha value is -0.870. The molecule has 0 aliphatic heterocycles. The fourth-order valence-electron chi connectivity index (χ4n) is 3.07. The largest absolute Gasteiger partial charge is 0.383 e. The SMILES string of the molecule is CCC1CCCC(n2cncc2CNCCOC)C1. The van der Waals surface area contributed by atoms with Crippen molar-refractivity contribution in [2.75, 3.05) is 20.3 Å². The molecule has 1 saturated carbocycles. The highest BCUT2D eigenvalue weighted by atomic mass is 16.5. The Balaban J connectivity index is 1.90. The molecule has 0 saturated heterocycles. The molecule has 2 atom stereocenters. The van der Waals surface area contributed by atoms with Crippen LogP contribution in [0, 0.1) is 5.92 Å². The van der Waals surface area contributed by atoms with Gasteiger partial charge in [0, 0.05) is 32.4 Å². The molecule has 1 N–H and O–H groups in total. The highest BCUT2D eigenvalue weighted by molar-refractivity contribution is 5.01. The van der Waals surface area contributed by atoms with Gasteiger partial charge in [-0.2, -0.15) is 0 Å². The summed E-state index contributed by atoms with van der Waals surface area (Å²) in [5.74, 6) is 0.899. The second-order valence-electron chi connectivity index (χ2n) is 5.56. The molecule has 1 aromatic heterocycles. The van der Waals surface area contributed by atoms with Crippen LogP contribution in [0.4, 0.5) is 0 Å². The third kappa shape index (κ3) is 4.05. The third-order valence-electron chi connectivity index (χ3n) is 4.26. The minimum absolute atomic E-state index is 0.653. The van der Waals surface area contributed by atoms with Crippen LogP contribution < -0.4 is 5.32 Å². The van der Waals surface area contributed by atoms with Gasteiger partial charge in [0.1, 0.15) is 0 Å². The molecule has 4 nitrogen and oxygen atoms in total. The molecule has 0 spiro atoms. The van der Waals surface area contributed by atoms with Crippen LogP contribution in [0.25, 0.3) is 0 Å². The summed E-state index contributed by atoms with van der Waals surface area (Å²) in [5, 5.41) is 3.41. The minimum Gasteiger partial charge on any atom is -0.383 e. The van der Waals surface area contributed by atoms with Gasteiger partial charge < -0.3 is 14.6 Å².